The molecule has 0 N–H and O–H groups in total. The van der Waals surface area contributed by atoms with Crippen LogP contribution in [0.1, 0.15) is 35.7 Å². The molecule has 1 heterocycles. The molecule has 2 aromatic carbocycles. The molecule has 0 saturated carbocycles. The maximum absolute atomic E-state index is 12.9. The van der Waals surface area contributed by atoms with Gasteiger partial charge in [-0.3, -0.25) is 9.59 Å². The lowest BCUT2D eigenvalue weighted by atomic mass is 9.82. The normalized spacial score (nSPS) is 21.4. The molecule has 0 unspecified atom stereocenters. The largest absolute Gasteiger partial charge is 0.423 e. The molecule has 28 heavy (non-hydrogen) atoms. The summed E-state index contributed by atoms with van der Waals surface area (Å²) in [5.41, 5.74) is 2.89. The van der Waals surface area contributed by atoms with E-state index >= 15 is 0 Å². The Balaban J connectivity index is 1.58. The first kappa shape index (κ1) is 18.2. The maximum Gasteiger partial charge on any atom is 0.343 e. The monoisotopic (exact) mass is 375 g/mol. The number of hydrogen-bond acceptors (Lipinski definition) is 4. The quantitative estimate of drug-likeness (QED) is 0.351. The summed E-state index contributed by atoms with van der Waals surface area (Å²) >= 11 is 0. The van der Waals surface area contributed by atoms with Crippen LogP contribution in [-0.4, -0.2) is 17.8 Å². The lowest BCUT2D eigenvalue weighted by Crippen LogP contribution is -2.30. The number of hydrogen-bond donors (Lipinski definition) is 0. The highest BCUT2D eigenvalue weighted by Gasteiger charge is 2.48. The molecule has 5 heteroatoms. The molecule has 2 aliphatic rings. The van der Waals surface area contributed by atoms with Crippen molar-refractivity contribution in [1.29, 1.82) is 0 Å². The predicted octanol–water partition coefficient (Wildman–Crippen LogP) is 4.06. The fourth-order valence-corrected chi connectivity index (χ4v) is 3.94. The summed E-state index contributed by atoms with van der Waals surface area (Å²) in [7, 11) is 0. The standard InChI is InChI=1S/C23H21NO4/c1-14-10-11-19-20(12-14)22(26)24(21(19)25)16-7-5-8-17(13-16)28-23(27)18-9-4-3-6-15(18)2/h3-10,13,19-20H,11-12H2,1-2H3/t19-,20+/m1/s1. The van der Waals surface area contributed by atoms with Crippen molar-refractivity contribution in [1.82, 2.24) is 0 Å². The van der Waals surface area contributed by atoms with Crippen LogP contribution >= 0.6 is 0 Å². The molecular formula is C23H21NO4. The van der Waals surface area contributed by atoms with Crippen LogP contribution in [-0.2, 0) is 9.59 Å². The zero-order valence-corrected chi connectivity index (χ0v) is 15.8. The van der Waals surface area contributed by atoms with Crippen LogP contribution < -0.4 is 9.64 Å². The number of imide groups is 1. The molecule has 1 saturated heterocycles. The van der Waals surface area contributed by atoms with E-state index < -0.39 is 5.97 Å². The Morgan fingerprint density at radius 3 is 2.54 bits per heavy atom. The van der Waals surface area contributed by atoms with Crippen molar-refractivity contribution in [2.24, 2.45) is 11.8 Å². The number of anilines is 1. The molecule has 1 fully saturated rings. The molecule has 0 radical (unpaired) electrons. The van der Waals surface area contributed by atoms with Crippen LogP contribution in [0.4, 0.5) is 5.69 Å². The minimum atomic E-state index is -0.470. The number of rotatable bonds is 3. The van der Waals surface area contributed by atoms with Crippen molar-refractivity contribution in [2.75, 3.05) is 4.90 Å². The third-order valence-electron chi connectivity index (χ3n) is 5.47. The molecule has 2 aromatic rings. The molecule has 0 aromatic heterocycles. The molecular weight excluding hydrogens is 354 g/mol. The summed E-state index contributed by atoms with van der Waals surface area (Å²) in [5.74, 6) is -1.12. The average Bonchev–Trinajstić information content (AvgIpc) is 2.92. The highest BCUT2D eigenvalue weighted by atomic mass is 16.5. The maximum atomic E-state index is 12.9. The minimum absolute atomic E-state index is 0.176. The Hall–Kier alpha value is -3.21. The van der Waals surface area contributed by atoms with Crippen molar-refractivity contribution in [3.8, 4) is 5.75 Å². The number of carbonyl (C=O) groups is 3. The Bertz CT molecular complexity index is 1010. The van der Waals surface area contributed by atoms with Gasteiger partial charge in [0.25, 0.3) is 0 Å². The number of ether oxygens (including phenoxy) is 1. The third-order valence-corrected chi connectivity index (χ3v) is 5.47. The first-order valence-corrected chi connectivity index (χ1v) is 9.37. The number of amides is 2. The van der Waals surface area contributed by atoms with Gasteiger partial charge in [-0.05, 0) is 50.5 Å². The Morgan fingerprint density at radius 1 is 1.00 bits per heavy atom. The van der Waals surface area contributed by atoms with Crippen molar-refractivity contribution >= 4 is 23.5 Å². The Labute approximate surface area is 163 Å². The van der Waals surface area contributed by atoms with E-state index in [2.05, 4.69) is 0 Å². The number of benzene rings is 2. The number of allylic oxidation sites excluding steroid dienone is 2. The molecule has 2 amide bonds. The van der Waals surface area contributed by atoms with E-state index in [1.807, 2.05) is 32.1 Å². The first-order chi connectivity index (χ1) is 13.5. The van der Waals surface area contributed by atoms with Gasteiger partial charge in [0.15, 0.2) is 0 Å². The van der Waals surface area contributed by atoms with E-state index in [4.69, 9.17) is 4.74 Å². The number of carbonyl (C=O) groups excluding carboxylic acids is 3. The Kier molecular flexibility index (Phi) is 4.59. The molecule has 0 spiro atoms. The highest BCUT2D eigenvalue weighted by Crippen LogP contribution is 2.40. The Morgan fingerprint density at radius 2 is 1.75 bits per heavy atom. The second-order valence-electron chi connectivity index (χ2n) is 7.42. The molecule has 4 rings (SSSR count). The van der Waals surface area contributed by atoms with E-state index in [-0.39, 0.29) is 23.7 Å². The SMILES string of the molecule is CC1=CC[C@H]2C(=O)N(c3cccc(OC(=O)c4ccccc4C)c3)C(=O)[C@H]2C1. The molecule has 142 valence electrons. The summed E-state index contributed by atoms with van der Waals surface area (Å²) < 4.78 is 5.49. The van der Waals surface area contributed by atoms with Gasteiger partial charge >= 0.3 is 5.97 Å². The summed E-state index contributed by atoms with van der Waals surface area (Å²) in [4.78, 5) is 39.4. The number of esters is 1. The fraction of sp³-hybridized carbons (Fsp3) is 0.261. The van der Waals surface area contributed by atoms with E-state index in [0.29, 0.717) is 29.8 Å². The number of fused-ring (bicyclic) bond motifs is 1. The summed E-state index contributed by atoms with van der Waals surface area (Å²) in [6, 6.07) is 13.8. The smallest absolute Gasteiger partial charge is 0.343 e. The van der Waals surface area contributed by atoms with Crippen molar-refractivity contribution in [3.05, 3.63) is 71.3 Å². The van der Waals surface area contributed by atoms with Gasteiger partial charge < -0.3 is 4.74 Å². The minimum Gasteiger partial charge on any atom is -0.423 e. The second kappa shape index (κ2) is 7.08. The van der Waals surface area contributed by atoms with Crippen LogP contribution in [0.25, 0.3) is 0 Å². The van der Waals surface area contributed by atoms with Crippen LogP contribution in [0.5, 0.6) is 5.75 Å². The lowest BCUT2D eigenvalue weighted by Gasteiger charge is -2.18. The van der Waals surface area contributed by atoms with Crippen molar-refractivity contribution in [2.45, 2.75) is 26.7 Å². The van der Waals surface area contributed by atoms with Gasteiger partial charge in [-0.1, -0.05) is 35.9 Å². The molecule has 0 bridgehead atoms. The zero-order chi connectivity index (χ0) is 19.8. The first-order valence-electron chi connectivity index (χ1n) is 9.37. The van der Waals surface area contributed by atoms with Gasteiger partial charge in [0.05, 0.1) is 23.1 Å². The van der Waals surface area contributed by atoms with Crippen LogP contribution in [0.15, 0.2) is 60.2 Å². The second-order valence-corrected chi connectivity index (χ2v) is 7.42. The predicted molar refractivity (Wildman–Crippen MR) is 105 cm³/mol. The molecule has 1 aliphatic heterocycles. The summed E-state index contributed by atoms with van der Waals surface area (Å²) in [6.45, 7) is 3.83. The average molecular weight is 375 g/mol. The van der Waals surface area contributed by atoms with Gasteiger partial charge in [-0.2, -0.15) is 0 Å². The fourth-order valence-electron chi connectivity index (χ4n) is 3.94. The van der Waals surface area contributed by atoms with Gasteiger partial charge in [0, 0.05) is 6.07 Å². The van der Waals surface area contributed by atoms with Crippen molar-refractivity contribution < 1.29 is 19.1 Å². The van der Waals surface area contributed by atoms with Gasteiger partial charge in [0.2, 0.25) is 11.8 Å². The van der Waals surface area contributed by atoms with E-state index in [1.165, 1.54) is 4.90 Å². The van der Waals surface area contributed by atoms with Crippen LogP contribution in [0.2, 0.25) is 0 Å². The third kappa shape index (κ3) is 3.13. The zero-order valence-electron chi connectivity index (χ0n) is 15.8. The lowest BCUT2D eigenvalue weighted by molar-refractivity contribution is -0.122. The molecule has 2 atom stereocenters. The summed E-state index contributed by atoms with van der Waals surface area (Å²) in [6.07, 6.45) is 3.25. The van der Waals surface area contributed by atoms with Crippen LogP contribution in [0.3, 0.4) is 0 Å². The van der Waals surface area contributed by atoms with Gasteiger partial charge in [-0.25, -0.2) is 9.69 Å². The van der Waals surface area contributed by atoms with Crippen LogP contribution in [0, 0.1) is 18.8 Å². The van der Waals surface area contributed by atoms with Crippen molar-refractivity contribution in [3.63, 3.8) is 0 Å². The van der Waals surface area contributed by atoms with Gasteiger partial charge in [0.1, 0.15) is 5.75 Å². The van der Waals surface area contributed by atoms with E-state index in [9.17, 15) is 14.4 Å². The number of aryl methyl sites for hydroxylation is 1. The molecule has 1 aliphatic carbocycles. The van der Waals surface area contributed by atoms with E-state index in [0.717, 1.165) is 11.1 Å². The molecule has 5 nitrogen and oxygen atoms in total. The summed E-state index contributed by atoms with van der Waals surface area (Å²) in [5, 5.41) is 0. The topological polar surface area (TPSA) is 63.7 Å². The number of nitrogens with zero attached hydrogens (tertiary/aromatic N) is 1. The highest BCUT2D eigenvalue weighted by molar-refractivity contribution is 6.22. The van der Waals surface area contributed by atoms with E-state index in [1.54, 1.807) is 36.4 Å². The van der Waals surface area contributed by atoms with Gasteiger partial charge in [-0.15, -0.1) is 0 Å².